The van der Waals surface area contributed by atoms with Crippen molar-refractivity contribution in [3.8, 4) is 5.75 Å². The third kappa shape index (κ3) is 4.06. The number of aromatic nitrogens is 2. The Morgan fingerprint density at radius 1 is 1.11 bits per heavy atom. The lowest BCUT2D eigenvalue weighted by atomic mass is 10.2. The van der Waals surface area contributed by atoms with Crippen LogP contribution in [0.2, 0.25) is 0 Å². The van der Waals surface area contributed by atoms with Gasteiger partial charge in [-0.25, -0.2) is 4.98 Å². The maximum absolute atomic E-state index is 12.9. The fourth-order valence-electron chi connectivity index (χ4n) is 3.48. The Hall–Kier alpha value is -3.15. The number of benzene rings is 2. The molecule has 1 aromatic heterocycles. The van der Waals surface area contributed by atoms with Gasteiger partial charge >= 0.3 is 0 Å². The van der Waals surface area contributed by atoms with Crippen LogP contribution in [-0.2, 0) is 24.3 Å². The topological polar surface area (TPSA) is 73.2 Å². The van der Waals surface area contributed by atoms with Gasteiger partial charge in [0.1, 0.15) is 11.6 Å². The molecule has 0 spiro atoms. The monoisotopic (exact) mass is 377 g/mol. The van der Waals surface area contributed by atoms with Crippen molar-refractivity contribution in [1.82, 2.24) is 14.9 Å². The fraction of sp³-hybridized carbons (Fsp3) is 0.318. The minimum atomic E-state index is -0.208. The summed E-state index contributed by atoms with van der Waals surface area (Å²) in [5.74, 6) is 1.15. The summed E-state index contributed by atoms with van der Waals surface area (Å²) in [6.07, 6.45) is 4.02. The molecule has 144 valence electrons. The Bertz CT molecular complexity index is 1040. The standard InChI is InChI=1S/C22H23N3O3/c26-21(23-14-16-7-3-1-4-8-16)15-28-17-10-11-19-18(13-17)22(27)25-12-6-2-5-9-20(25)24-19/h1,3-4,7-8,10-11,13H,2,5-6,9,12,14-15H2,(H,23,26). The molecule has 1 N–H and O–H groups in total. The third-order valence-corrected chi connectivity index (χ3v) is 4.99. The quantitative estimate of drug-likeness (QED) is 0.742. The smallest absolute Gasteiger partial charge is 0.261 e. The van der Waals surface area contributed by atoms with E-state index < -0.39 is 0 Å². The lowest BCUT2D eigenvalue weighted by molar-refractivity contribution is -0.123. The molecule has 0 saturated heterocycles. The molecule has 3 aromatic rings. The molecule has 6 heteroatoms. The summed E-state index contributed by atoms with van der Waals surface area (Å²) in [4.78, 5) is 29.6. The number of rotatable bonds is 5. The minimum Gasteiger partial charge on any atom is -0.484 e. The Balaban J connectivity index is 1.45. The molecule has 2 aromatic carbocycles. The van der Waals surface area contributed by atoms with Gasteiger partial charge in [0.25, 0.3) is 11.5 Å². The van der Waals surface area contributed by atoms with Crippen LogP contribution in [0.25, 0.3) is 10.9 Å². The van der Waals surface area contributed by atoms with Gasteiger partial charge in [0, 0.05) is 19.5 Å². The molecule has 1 aliphatic rings. The predicted molar refractivity (Wildman–Crippen MR) is 107 cm³/mol. The maximum atomic E-state index is 12.9. The van der Waals surface area contributed by atoms with E-state index in [0.717, 1.165) is 37.1 Å². The van der Waals surface area contributed by atoms with Gasteiger partial charge in [0.15, 0.2) is 6.61 Å². The molecule has 0 radical (unpaired) electrons. The van der Waals surface area contributed by atoms with Crippen LogP contribution in [0.3, 0.4) is 0 Å². The number of amides is 1. The van der Waals surface area contributed by atoms with Gasteiger partial charge in [0.05, 0.1) is 10.9 Å². The normalized spacial score (nSPS) is 13.6. The molecule has 0 atom stereocenters. The van der Waals surface area contributed by atoms with Gasteiger partial charge in [-0.1, -0.05) is 36.8 Å². The van der Waals surface area contributed by atoms with Crippen molar-refractivity contribution in [3.05, 3.63) is 70.3 Å². The second-order valence-corrected chi connectivity index (χ2v) is 7.03. The van der Waals surface area contributed by atoms with E-state index in [0.29, 0.717) is 29.7 Å². The van der Waals surface area contributed by atoms with Crippen molar-refractivity contribution < 1.29 is 9.53 Å². The molecular formula is C22H23N3O3. The van der Waals surface area contributed by atoms with Gasteiger partial charge < -0.3 is 10.1 Å². The second-order valence-electron chi connectivity index (χ2n) is 7.03. The van der Waals surface area contributed by atoms with Crippen LogP contribution in [0.5, 0.6) is 5.75 Å². The lowest BCUT2D eigenvalue weighted by Crippen LogP contribution is -2.28. The van der Waals surface area contributed by atoms with Crippen molar-refractivity contribution in [2.24, 2.45) is 0 Å². The zero-order valence-corrected chi connectivity index (χ0v) is 15.7. The van der Waals surface area contributed by atoms with Crippen molar-refractivity contribution in [3.63, 3.8) is 0 Å². The predicted octanol–water partition coefficient (Wildman–Crippen LogP) is 2.82. The molecule has 2 heterocycles. The van der Waals surface area contributed by atoms with E-state index in [9.17, 15) is 9.59 Å². The third-order valence-electron chi connectivity index (χ3n) is 4.99. The Morgan fingerprint density at radius 2 is 1.96 bits per heavy atom. The molecule has 0 fully saturated rings. The summed E-state index contributed by atoms with van der Waals surface area (Å²) in [6, 6.07) is 14.9. The minimum absolute atomic E-state index is 0.0270. The first-order valence-corrected chi connectivity index (χ1v) is 9.67. The van der Waals surface area contributed by atoms with Gasteiger partial charge in [-0.2, -0.15) is 0 Å². The van der Waals surface area contributed by atoms with Crippen LogP contribution in [0.15, 0.2) is 53.3 Å². The molecule has 0 saturated carbocycles. The van der Waals surface area contributed by atoms with Crippen LogP contribution in [0.1, 0.15) is 30.7 Å². The zero-order valence-electron chi connectivity index (χ0n) is 15.7. The van der Waals surface area contributed by atoms with E-state index in [1.165, 1.54) is 0 Å². The summed E-state index contributed by atoms with van der Waals surface area (Å²) >= 11 is 0. The molecule has 0 aliphatic carbocycles. The van der Waals surface area contributed by atoms with Gasteiger partial charge in [-0.15, -0.1) is 0 Å². The SMILES string of the molecule is O=C(COc1ccc2nc3n(c(=O)c2c1)CCCCC3)NCc1ccccc1. The van der Waals surface area contributed by atoms with Crippen LogP contribution < -0.4 is 15.6 Å². The largest absolute Gasteiger partial charge is 0.484 e. The molecule has 28 heavy (non-hydrogen) atoms. The van der Waals surface area contributed by atoms with E-state index in [4.69, 9.17) is 4.74 Å². The highest BCUT2D eigenvalue weighted by Gasteiger charge is 2.14. The van der Waals surface area contributed by atoms with E-state index in [-0.39, 0.29) is 18.1 Å². The fourth-order valence-corrected chi connectivity index (χ4v) is 3.48. The Kier molecular flexibility index (Phi) is 5.37. The molecule has 1 amide bonds. The summed E-state index contributed by atoms with van der Waals surface area (Å²) in [7, 11) is 0. The Morgan fingerprint density at radius 3 is 2.82 bits per heavy atom. The number of ether oxygens (including phenoxy) is 1. The van der Waals surface area contributed by atoms with Crippen molar-refractivity contribution >= 4 is 16.8 Å². The highest BCUT2D eigenvalue weighted by Crippen LogP contribution is 2.19. The van der Waals surface area contributed by atoms with E-state index in [1.54, 1.807) is 22.8 Å². The molecule has 0 bridgehead atoms. The van der Waals surface area contributed by atoms with Crippen LogP contribution in [-0.4, -0.2) is 22.1 Å². The number of nitrogens with one attached hydrogen (secondary N) is 1. The van der Waals surface area contributed by atoms with E-state index >= 15 is 0 Å². The van der Waals surface area contributed by atoms with E-state index in [1.807, 2.05) is 30.3 Å². The molecule has 4 rings (SSSR count). The van der Waals surface area contributed by atoms with Gasteiger partial charge in [0.2, 0.25) is 0 Å². The lowest BCUT2D eigenvalue weighted by Gasteiger charge is -2.11. The first kappa shape index (κ1) is 18.2. The molecule has 0 unspecified atom stereocenters. The zero-order chi connectivity index (χ0) is 19.3. The van der Waals surface area contributed by atoms with Crippen LogP contribution in [0.4, 0.5) is 0 Å². The summed E-state index contributed by atoms with van der Waals surface area (Å²) < 4.78 is 7.38. The average molecular weight is 377 g/mol. The van der Waals surface area contributed by atoms with Gasteiger partial charge in [-0.3, -0.25) is 14.2 Å². The van der Waals surface area contributed by atoms with Crippen molar-refractivity contribution in [2.75, 3.05) is 6.61 Å². The average Bonchev–Trinajstić information content (AvgIpc) is 2.97. The number of hydrogen-bond acceptors (Lipinski definition) is 4. The molecule has 6 nitrogen and oxygen atoms in total. The summed E-state index contributed by atoms with van der Waals surface area (Å²) in [5, 5.41) is 3.36. The summed E-state index contributed by atoms with van der Waals surface area (Å²) in [5.41, 5.74) is 1.68. The first-order chi connectivity index (χ1) is 13.7. The maximum Gasteiger partial charge on any atom is 0.261 e. The van der Waals surface area contributed by atoms with Crippen molar-refractivity contribution in [2.45, 2.75) is 38.8 Å². The number of fused-ring (bicyclic) bond motifs is 2. The molecular weight excluding hydrogens is 354 g/mol. The number of carbonyl (C=O) groups excluding carboxylic acids is 1. The van der Waals surface area contributed by atoms with Gasteiger partial charge in [-0.05, 0) is 36.6 Å². The van der Waals surface area contributed by atoms with E-state index in [2.05, 4.69) is 10.3 Å². The highest BCUT2D eigenvalue weighted by molar-refractivity contribution is 5.80. The first-order valence-electron chi connectivity index (χ1n) is 9.67. The number of carbonyl (C=O) groups is 1. The highest BCUT2D eigenvalue weighted by atomic mass is 16.5. The number of hydrogen-bond donors (Lipinski definition) is 1. The number of aryl methyl sites for hydroxylation is 1. The molecule has 1 aliphatic heterocycles. The summed E-state index contributed by atoms with van der Waals surface area (Å²) in [6.45, 7) is 1.07. The van der Waals surface area contributed by atoms with Crippen LogP contribution in [0, 0.1) is 0 Å². The van der Waals surface area contributed by atoms with Crippen molar-refractivity contribution in [1.29, 1.82) is 0 Å². The Labute approximate surface area is 163 Å². The number of nitrogens with zero attached hydrogens (tertiary/aromatic N) is 2. The van der Waals surface area contributed by atoms with Crippen LogP contribution >= 0.6 is 0 Å². The second kappa shape index (κ2) is 8.25.